The van der Waals surface area contributed by atoms with Gasteiger partial charge < -0.3 is 101 Å². The van der Waals surface area contributed by atoms with E-state index in [-0.39, 0.29) is 29.2 Å². The average molecular weight is 1970 g/mol. The van der Waals surface area contributed by atoms with Gasteiger partial charge in [-0.3, -0.25) is 44.1 Å². The van der Waals surface area contributed by atoms with E-state index in [1.807, 2.05) is 107 Å². The molecule has 762 valence electrons. The minimum absolute atomic E-state index is 0.0987. The summed E-state index contributed by atoms with van der Waals surface area (Å²) in [5.74, 6) is 5.57. The molecule has 2 amide bonds. The molecule has 0 unspecified atom stereocenters. The third kappa shape index (κ3) is 27.5. The number of hydrogen-bond acceptors (Lipinski definition) is 28. The van der Waals surface area contributed by atoms with Crippen LogP contribution < -0.4 is 43.0 Å². The van der Waals surface area contributed by atoms with Crippen molar-refractivity contribution in [2.45, 2.75) is 140 Å². The van der Waals surface area contributed by atoms with Crippen molar-refractivity contribution in [3.05, 3.63) is 233 Å². The fraction of sp³-hybridized carbons (Fsp3) is 0.439. The minimum atomic E-state index is -0.317. The Bertz CT molecular complexity index is 6220. The summed E-state index contributed by atoms with van der Waals surface area (Å²) in [5, 5.41) is 5.29. The van der Waals surface area contributed by atoms with E-state index in [0.717, 1.165) is 351 Å². The number of aryl methyl sites for hydroxylation is 2. The zero-order valence-corrected chi connectivity index (χ0v) is 84.9. The first-order valence-corrected chi connectivity index (χ1v) is 50.2. The number of ether oxygens (including phenoxy) is 14. The summed E-state index contributed by atoms with van der Waals surface area (Å²) < 4.78 is 77.8. The third-order valence-corrected chi connectivity index (χ3v) is 28.2. The molecule has 0 atom stereocenters. The van der Waals surface area contributed by atoms with Gasteiger partial charge in [0.05, 0.1) is 136 Å². The number of amides is 2. The number of fused-ring (bicyclic) bond motifs is 7. The van der Waals surface area contributed by atoms with Crippen molar-refractivity contribution in [1.82, 2.24) is 44.5 Å². The second-order valence-electron chi connectivity index (χ2n) is 37.1. The van der Waals surface area contributed by atoms with Gasteiger partial charge in [-0.25, -0.2) is 0 Å². The van der Waals surface area contributed by atoms with Crippen molar-refractivity contribution in [1.29, 1.82) is 0 Å². The van der Waals surface area contributed by atoms with Crippen LogP contribution in [0.2, 0.25) is 0 Å². The molecule has 7 fully saturated rings. The topological polar surface area (TPSA) is 298 Å². The summed E-state index contributed by atoms with van der Waals surface area (Å²) in [5.41, 5.74) is 16.3. The Morgan fingerprint density at radius 1 is 0.347 bits per heavy atom. The second kappa shape index (κ2) is 51.7. The van der Waals surface area contributed by atoms with Crippen LogP contribution in [0.3, 0.4) is 0 Å². The lowest BCUT2D eigenvalue weighted by molar-refractivity contribution is -0.185. The highest BCUT2D eigenvalue weighted by Crippen LogP contribution is 2.41. The van der Waals surface area contributed by atoms with E-state index in [4.69, 9.17) is 66.3 Å². The van der Waals surface area contributed by atoms with Crippen molar-refractivity contribution in [2.75, 3.05) is 198 Å². The van der Waals surface area contributed by atoms with E-state index in [1.54, 1.807) is 102 Å². The van der Waals surface area contributed by atoms with Gasteiger partial charge in [0.15, 0.2) is 23.6 Å². The summed E-state index contributed by atoms with van der Waals surface area (Å²) in [6, 6.07) is 47.9. The quantitative estimate of drug-likeness (QED) is 0.0401. The summed E-state index contributed by atoms with van der Waals surface area (Å²) in [6.07, 6.45) is 29.1. The van der Waals surface area contributed by atoms with Gasteiger partial charge >= 0.3 is 0 Å². The van der Waals surface area contributed by atoms with E-state index in [1.165, 1.54) is 27.8 Å². The summed E-state index contributed by atoms with van der Waals surface area (Å²) in [7, 11) is 13.3. The standard InChI is InChI=1S/C21H30N2O4.2C19H24N2O3.C19H26N2O3.C13H13NO2.C12H11NO2.C11H9NO2/c1-16(24)23-8-3-4-17-15-20(25-2)18(14-19(17)23)5-9-22-10-6-21(7-11-22)26-12-13-27-21;2*1-22-18-14-15-3-2-7-20-17(15)13-16(18)4-8-21-9-5-19(6-10-21)23-11-12-24-19;1-14(22)21-8-3-4-15-13-19(24-2)16(12-18(15)21)5-9-20-10-6-17(23)7-11-20;1-15-7-5-11-8-12-10(4-3-6-14-12)9-13(11)16-2;1-15-12-8-9-3-2-5-13-11(9)7-10(12)4-6-14;1-14-11-6-8-3-2-4-12-10(8)5-9(11)7-13/h14-15H,3-13H2,1-2H3;2*2-3,7,13-14H,4-6,8-12H2,1H3;12-13H,3-11H2,1-2H3;3-9H,1-2H3;2-3,5-8H,4H2,1H3;2-7H,1H3. The number of piperidine rings is 4. The molecule has 12 aromatic rings. The van der Waals surface area contributed by atoms with Crippen LogP contribution in [-0.4, -0.2) is 280 Å². The molecule has 3 spiro atoms. The summed E-state index contributed by atoms with van der Waals surface area (Å²) in [4.78, 5) is 91.7. The molecule has 30 heteroatoms. The van der Waals surface area contributed by atoms with E-state index >= 15 is 0 Å². The average Bonchev–Trinajstić information content (AvgIpc) is 0.888. The molecule has 7 saturated heterocycles. The predicted molar refractivity (Wildman–Crippen MR) is 558 cm³/mol. The van der Waals surface area contributed by atoms with E-state index < -0.39 is 0 Å². The molecule has 14 heterocycles. The van der Waals surface area contributed by atoms with Crippen LogP contribution in [0.1, 0.15) is 133 Å². The van der Waals surface area contributed by atoms with Crippen molar-refractivity contribution >= 4 is 102 Å². The molecule has 0 aliphatic carbocycles. The van der Waals surface area contributed by atoms with Gasteiger partial charge in [0, 0.05) is 244 Å². The number of methoxy groups -OCH3 is 8. The number of carbonyl (C=O) groups excluding carboxylic acids is 5. The first-order chi connectivity index (χ1) is 70.3. The summed E-state index contributed by atoms with van der Waals surface area (Å²) >= 11 is 0. The zero-order chi connectivity index (χ0) is 101. The smallest absolute Gasteiger partial charge is 0.223 e. The first kappa shape index (κ1) is 106. The normalized spacial score (nSPS) is 17.4. The number of ketones is 1. The minimum Gasteiger partial charge on any atom is -0.504 e. The van der Waals surface area contributed by atoms with Gasteiger partial charge in [0.2, 0.25) is 11.8 Å². The van der Waals surface area contributed by atoms with Crippen LogP contribution in [0, 0.1) is 0 Å². The lowest BCUT2D eigenvalue weighted by Crippen LogP contribution is -2.45. The number of nitrogens with zero attached hydrogens (tertiary/aromatic N) is 11. The lowest BCUT2D eigenvalue weighted by atomic mass is 9.97. The van der Waals surface area contributed by atoms with Crippen molar-refractivity contribution < 1.29 is 90.3 Å². The van der Waals surface area contributed by atoms with Crippen LogP contribution in [0.25, 0.3) is 60.6 Å². The fourth-order valence-electron chi connectivity index (χ4n) is 20.2. The van der Waals surface area contributed by atoms with Gasteiger partial charge in [0.25, 0.3) is 0 Å². The Kier molecular flexibility index (Phi) is 37.9. The molecule has 9 aliphatic rings. The molecular weight excluding hydrogens is 1830 g/mol. The molecular formula is C114H137N11O19. The molecule has 5 aromatic heterocycles. The van der Waals surface area contributed by atoms with Crippen LogP contribution in [0.4, 0.5) is 11.4 Å². The number of benzene rings is 7. The molecule has 7 aromatic carbocycles. The van der Waals surface area contributed by atoms with Crippen LogP contribution in [0.15, 0.2) is 183 Å². The van der Waals surface area contributed by atoms with E-state index in [0.29, 0.717) is 36.4 Å². The molecule has 9 aliphatic heterocycles. The maximum Gasteiger partial charge on any atom is 0.223 e. The molecule has 21 rings (SSSR count). The van der Waals surface area contributed by atoms with Crippen molar-refractivity contribution in [3.8, 4) is 40.2 Å². The lowest BCUT2D eigenvalue weighted by Gasteiger charge is -2.37. The third-order valence-electron chi connectivity index (χ3n) is 28.2. The molecule has 144 heavy (non-hydrogen) atoms. The maximum absolute atomic E-state index is 12.0. The first-order valence-electron chi connectivity index (χ1n) is 50.2. The SMILES string of the molecule is COC=Cc1cc2ncccc2cc1OC.COc1cc2c(cc1CCN1CCC(=O)CC1)N(C(C)=O)CCC2.COc1cc2c(cc1CCN1CCC3(CC1)OCCO3)N(C(C)=O)CCC2.COc1cc2cccnc2cc1C=O.COc1cc2cccnc2cc1CC=O.COc1cc2cccnc2cc1CCN1CCC2(CC1)OCCO2.COc1cc2cccnc2cc1CCN1CCC2(CC1)OCCO2. The number of carbonyl (C=O) groups is 5. The van der Waals surface area contributed by atoms with E-state index in [2.05, 4.69) is 105 Å². The number of rotatable bonds is 24. The van der Waals surface area contributed by atoms with Crippen LogP contribution >= 0.6 is 0 Å². The van der Waals surface area contributed by atoms with Gasteiger partial charge in [-0.05, 0) is 206 Å². The van der Waals surface area contributed by atoms with Gasteiger partial charge in [-0.2, -0.15) is 0 Å². The number of aldehydes is 2. The monoisotopic (exact) mass is 1960 g/mol. The number of pyridine rings is 5. The fourth-order valence-corrected chi connectivity index (χ4v) is 20.2. The Balaban J connectivity index is 0.000000128. The Hall–Kier alpha value is -12.7. The number of aromatic nitrogens is 5. The highest BCUT2D eigenvalue weighted by molar-refractivity contribution is 5.95. The highest BCUT2D eigenvalue weighted by Gasteiger charge is 2.43. The second-order valence-corrected chi connectivity index (χ2v) is 37.1. The Morgan fingerprint density at radius 2 is 0.639 bits per heavy atom. The zero-order valence-electron chi connectivity index (χ0n) is 84.9. The Morgan fingerprint density at radius 3 is 0.958 bits per heavy atom. The summed E-state index contributed by atoms with van der Waals surface area (Å²) in [6.45, 7) is 21.0. The highest BCUT2D eigenvalue weighted by atomic mass is 16.7. The number of anilines is 2. The predicted octanol–water partition coefficient (Wildman–Crippen LogP) is 16.7. The van der Waals surface area contributed by atoms with Gasteiger partial charge in [0.1, 0.15) is 52.3 Å². The van der Waals surface area contributed by atoms with Crippen LogP contribution in [0.5, 0.6) is 40.2 Å². The van der Waals surface area contributed by atoms with Crippen LogP contribution in [-0.2, 0) is 97.3 Å². The molecule has 0 N–H and O–H groups in total. The largest absolute Gasteiger partial charge is 0.504 e. The van der Waals surface area contributed by atoms with Crippen molar-refractivity contribution in [2.24, 2.45) is 0 Å². The molecule has 0 radical (unpaired) electrons. The number of Topliss-reactive ketones (excluding diaryl/α,β-unsaturated/α-hetero) is 1. The van der Waals surface area contributed by atoms with Gasteiger partial charge in [-0.1, -0.05) is 30.3 Å². The molecule has 0 saturated carbocycles. The molecule has 0 bridgehead atoms. The number of likely N-dealkylation sites (tertiary alicyclic amines) is 4. The maximum atomic E-state index is 12.0. The van der Waals surface area contributed by atoms with E-state index in [9.17, 15) is 24.0 Å². The van der Waals surface area contributed by atoms with Gasteiger partial charge in [-0.15, -0.1) is 0 Å². The Labute approximate surface area is 843 Å². The number of hydrogen-bond donors (Lipinski definition) is 0. The molecule has 30 nitrogen and oxygen atoms in total. The van der Waals surface area contributed by atoms with Crippen molar-refractivity contribution in [3.63, 3.8) is 0 Å².